The van der Waals surface area contributed by atoms with Crippen LogP contribution in [0.1, 0.15) is 30.5 Å². The van der Waals surface area contributed by atoms with Gasteiger partial charge in [-0.25, -0.2) is 9.40 Å². The van der Waals surface area contributed by atoms with E-state index < -0.39 is 0 Å². The minimum Gasteiger partial charge on any atom is -0.497 e. The topological polar surface area (TPSA) is 71.4 Å². The first-order valence-electron chi connectivity index (χ1n) is 9.96. The van der Waals surface area contributed by atoms with Gasteiger partial charge < -0.3 is 14.4 Å². The number of hydrogen-bond donors (Lipinski definition) is 0. The second kappa shape index (κ2) is 10.2. The number of methoxy groups -OCH3 is 2. The fourth-order valence-corrected chi connectivity index (χ4v) is 3.43. The van der Waals surface area contributed by atoms with Crippen molar-refractivity contribution < 1.29 is 23.5 Å². The molecule has 0 bridgehead atoms. The van der Waals surface area contributed by atoms with Crippen LogP contribution in [0.3, 0.4) is 0 Å². The second-order valence-corrected chi connectivity index (χ2v) is 7.22. The van der Waals surface area contributed by atoms with Gasteiger partial charge in [0.2, 0.25) is 5.91 Å². The number of hydrazone groups is 1. The number of hydrogen-bond acceptors (Lipinski definition) is 5. The zero-order valence-electron chi connectivity index (χ0n) is 17.9. The summed E-state index contributed by atoms with van der Waals surface area (Å²) in [6.45, 7) is 1.96. The molecule has 0 unspecified atom stereocenters. The molecule has 1 aliphatic rings. The lowest BCUT2D eigenvalue weighted by Crippen LogP contribution is -2.41. The van der Waals surface area contributed by atoms with Crippen LogP contribution in [0.4, 0.5) is 4.39 Å². The van der Waals surface area contributed by atoms with E-state index in [-0.39, 0.29) is 30.2 Å². The molecule has 7 nitrogen and oxygen atoms in total. The molecule has 0 radical (unpaired) electrons. The molecule has 0 aromatic heterocycles. The molecule has 2 aromatic rings. The lowest BCUT2D eigenvalue weighted by molar-refractivity contribution is -0.141. The Bertz CT molecular complexity index is 944. The van der Waals surface area contributed by atoms with Gasteiger partial charge in [0.05, 0.1) is 25.5 Å². The van der Waals surface area contributed by atoms with Gasteiger partial charge in [0, 0.05) is 27.0 Å². The number of ether oxygens (including phenoxy) is 2. The molecule has 0 saturated carbocycles. The van der Waals surface area contributed by atoms with E-state index in [9.17, 15) is 14.0 Å². The first kappa shape index (κ1) is 22.4. The Hall–Kier alpha value is -3.26. The molecule has 0 spiro atoms. The average Bonchev–Trinajstić information content (AvgIpc) is 3.22. The Balaban J connectivity index is 1.88. The van der Waals surface area contributed by atoms with E-state index in [2.05, 4.69) is 5.10 Å². The number of nitrogens with zero attached hydrogens (tertiary/aromatic N) is 3. The fourth-order valence-electron chi connectivity index (χ4n) is 3.43. The summed E-state index contributed by atoms with van der Waals surface area (Å²) >= 11 is 0. The maximum absolute atomic E-state index is 13.3. The maximum atomic E-state index is 13.3. The van der Waals surface area contributed by atoms with Gasteiger partial charge in [-0.2, -0.15) is 5.10 Å². The molecule has 3 rings (SSSR count). The highest BCUT2D eigenvalue weighted by Gasteiger charge is 2.34. The predicted molar refractivity (Wildman–Crippen MR) is 114 cm³/mol. The smallest absolute Gasteiger partial charge is 0.262 e. The molecule has 0 N–H and O–H groups in total. The maximum Gasteiger partial charge on any atom is 0.262 e. The van der Waals surface area contributed by atoms with Crippen molar-refractivity contribution in [2.24, 2.45) is 5.10 Å². The van der Waals surface area contributed by atoms with Crippen molar-refractivity contribution in [2.75, 3.05) is 33.9 Å². The van der Waals surface area contributed by atoms with Crippen LogP contribution in [0.2, 0.25) is 0 Å². The number of carbonyl (C=O) groups is 2. The van der Waals surface area contributed by atoms with Gasteiger partial charge in [-0.3, -0.25) is 9.59 Å². The Morgan fingerprint density at radius 1 is 1.13 bits per heavy atom. The number of amides is 2. The predicted octanol–water partition coefficient (Wildman–Crippen LogP) is 3.01. The molecule has 0 saturated heterocycles. The molecule has 1 aliphatic heterocycles. The number of carbonyl (C=O) groups excluding carboxylic acids is 2. The van der Waals surface area contributed by atoms with Gasteiger partial charge in [0.15, 0.2) is 0 Å². The molecule has 2 amide bonds. The van der Waals surface area contributed by atoms with E-state index in [0.717, 1.165) is 11.1 Å². The van der Waals surface area contributed by atoms with Crippen LogP contribution in [-0.4, -0.2) is 61.4 Å². The van der Waals surface area contributed by atoms with Crippen molar-refractivity contribution in [3.63, 3.8) is 0 Å². The van der Waals surface area contributed by atoms with Gasteiger partial charge in [0.1, 0.15) is 18.1 Å². The van der Waals surface area contributed by atoms with Crippen molar-refractivity contribution >= 4 is 17.5 Å². The van der Waals surface area contributed by atoms with Crippen LogP contribution in [0, 0.1) is 5.82 Å². The quantitative estimate of drug-likeness (QED) is 0.649. The largest absolute Gasteiger partial charge is 0.497 e. The Morgan fingerprint density at radius 2 is 1.81 bits per heavy atom. The van der Waals surface area contributed by atoms with E-state index in [1.807, 2.05) is 24.3 Å². The molecule has 0 fully saturated rings. The molecule has 31 heavy (non-hydrogen) atoms. The minimum atomic E-state index is -0.338. The van der Waals surface area contributed by atoms with E-state index in [1.54, 1.807) is 26.4 Å². The Morgan fingerprint density at radius 3 is 2.39 bits per heavy atom. The molecule has 1 heterocycles. The van der Waals surface area contributed by atoms with Crippen LogP contribution in [-0.2, 0) is 14.3 Å². The first-order valence-corrected chi connectivity index (χ1v) is 9.96. The Kier molecular flexibility index (Phi) is 7.36. The molecule has 2 aromatic carbocycles. The normalized spacial score (nSPS) is 15.5. The highest BCUT2D eigenvalue weighted by atomic mass is 19.1. The van der Waals surface area contributed by atoms with Crippen LogP contribution in [0.15, 0.2) is 53.6 Å². The zero-order chi connectivity index (χ0) is 22.4. The van der Waals surface area contributed by atoms with Gasteiger partial charge in [0.25, 0.3) is 5.91 Å². The third kappa shape index (κ3) is 5.46. The van der Waals surface area contributed by atoms with Crippen molar-refractivity contribution in [1.29, 1.82) is 0 Å². The molecular weight excluding hydrogens is 401 g/mol. The van der Waals surface area contributed by atoms with E-state index in [1.165, 1.54) is 29.0 Å². The van der Waals surface area contributed by atoms with E-state index in [4.69, 9.17) is 9.47 Å². The van der Waals surface area contributed by atoms with Gasteiger partial charge in [-0.1, -0.05) is 24.3 Å². The Labute approximate surface area is 181 Å². The van der Waals surface area contributed by atoms with Crippen LogP contribution in [0.5, 0.6) is 5.75 Å². The standard InChI is InChI=1S/C23H26FN3O4/c1-16(28)26(12-13-30-2)15-23(29)27-22(18-6-10-20(31-3)11-7-18)14-21(25-27)17-4-8-19(24)9-5-17/h4-11,22H,12-15H2,1-3H3/t22-/m0/s1. The summed E-state index contributed by atoms with van der Waals surface area (Å²) in [5.41, 5.74) is 2.32. The van der Waals surface area contributed by atoms with Crippen molar-refractivity contribution in [3.8, 4) is 5.75 Å². The first-order chi connectivity index (χ1) is 14.9. The molecular formula is C23H26FN3O4. The summed E-state index contributed by atoms with van der Waals surface area (Å²) in [5.74, 6) is -0.142. The number of halogens is 1. The third-order valence-electron chi connectivity index (χ3n) is 5.18. The number of benzene rings is 2. The molecule has 164 valence electrons. The molecule has 1 atom stereocenters. The van der Waals surface area contributed by atoms with Gasteiger partial charge in [-0.05, 0) is 35.4 Å². The summed E-state index contributed by atoms with van der Waals surface area (Å²) in [6.07, 6.45) is 0.474. The van der Waals surface area contributed by atoms with Crippen LogP contribution in [0.25, 0.3) is 0 Å². The van der Waals surface area contributed by atoms with Crippen molar-refractivity contribution in [1.82, 2.24) is 9.91 Å². The highest BCUT2D eigenvalue weighted by Crippen LogP contribution is 2.33. The number of rotatable bonds is 8. The zero-order valence-corrected chi connectivity index (χ0v) is 17.9. The molecule has 0 aliphatic carbocycles. The fraction of sp³-hybridized carbons (Fsp3) is 0.348. The summed E-state index contributed by atoms with van der Waals surface area (Å²) in [6, 6.07) is 13.1. The summed E-state index contributed by atoms with van der Waals surface area (Å²) in [7, 11) is 3.13. The summed E-state index contributed by atoms with van der Waals surface area (Å²) < 4.78 is 23.6. The van der Waals surface area contributed by atoms with Crippen LogP contribution >= 0.6 is 0 Å². The lowest BCUT2D eigenvalue weighted by atomic mass is 9.98. The lowest BCUT2D eigenvalue weighted by Gasteiger charge is -2.26. The van der Waals surface area contributed by atoms with Crippen molar-refractivity contribution in [3.05, 3.63) is 65.5 Å². The summed E-state index contributed by atoms with van der Waals surface area (Å²) in [4.78, 5) is 26.5. The highest BCUT2D eigenvalue weighted by molar-refractivity contribution is 6.03. The van der Waals surface area contributed by atoms with E-state index >= 15 is 0 Å². The SMILES string of the molecule is COCCN(CC(=O)N1N=C(c2ccc(F)cc2)C[C@H]1c1ccc(OC)cc1)C(C)=O. The van der Waals surface area contributed by atoms with Crippen LogP contribution < -0.4 is 4.74 Å². The second-order valence-electron chi connectivity index (χ2n) is 7.22. The third-order valence-corrected chi connectivity index (χ3v) is 5.18. The van der Waals surface area contributed by atoms with Gasteiger partial charge >= 0.3 is 0 Å². The summed E-state index contributed by atoms with van der Waals surface area (Å²) in [5, 5.41) is 5.98. The monoisotopic (exact) mass is 427 g/mol. The molecule has 8 heteroatoms. The van der Waals surface area contributed by atoms with E-state index in [0.29, 0.717) is 31.0 Å². The van der Waals surface area contributed by atoms with Gasteiger partial charge in [-0.15, -0.1) is 0 Å². The minimum absolute atomic E-state index is 0.106. The average molecular weight is 427 g/mol. The van der Waals surface area contributed by atoms with Crippen molar-refractivity contribution in [2.45, 2.75) is 19.4 Å².